The van der Waals surface area contributed by atoms with Gasteiger partial charge in [0, 0.05) is 45.3 Å². The van der Waals surface area contributed by atoms with Crippen LogP contribution in [0.2, 0.25) is 0 Å². The summed E-state index contributed by atoms with van der Waals surface area (Å²) in [6.45, 7) is 5.35. The summed E-state index contributed by atoms with van der Waals surface area (Å²) >= 11 is 0. The van der Waals surface area contributed by atoms with Gasteiger partial charge in [0.25, 0.3) is 0 Å². The lowest BCUT2D eigenvalue weighted by Gasteiger charge is -2.35. The van der Waals surface area contributed by atoms with Gasteiger partial charge in [-0.2, -0.15) is 5.26 Å². The molecule has 1 N–H and O–H groups in total. The number of rotatable bonds is 5. The Morgan fingerprint density at radius 2 is 2.04 bits per heavy atom. The van der Waals surface area contributed by atoms with Gasteiger partial charge < -0.3 is 15.1 Å². The molecule has 1 fully saturated rings. The lowest BCUT2D eigenvalue weighted by Crippen LogP contribution is -2.49. The molecule has 7 heteroatoms. The summed E-state index contributed by atoms with van der Waals surface area (Å²) < 4.78 is 0. The minimum Gasteiger partial charge on any atom is -0.370 e. The Labute approximate surface area is 153 Å². The maximum Gasteiger partial charge on any atom is 0.224 e. The summed E-state index contributed by atoms with van der Waals surface area (Å²) in [5.41, 5.74) is 1.26. The zero-order valence-electron chi connectivity index (χ0n) is 14.9. The topological polar surface area (TPSA) is 85.2 Å². The molecule has 2 aromatic heterocycles. The number of aromatic nitrogens is 2. The Kier molecular flexibility index (Phi) is 5.64. The number of aryl methyl sites for hydroxylation is 1. The Bertz CT molecular complexity index is 793. The Morgan fingerprint density at radius 1 is 1.23 bits per heavy atom. The van der Waals surface area contributed by atoms with Gasteiger partial charge in [0.2, 0.25) is 5.91 Å². The fourth-order valence-corrected chi connectivity index (χ4v) is 2.92. The van der Waals surface area contributed by atoms with Crippen LogP contribution in [0, 0.1) is 18.3 Å². The highest BCUT2D eigenvalue weighted by Gasteiger charge is 2.21. The van der Waals surface area contributed by atoms with E-state index < -0.39 is 0 Å². The van der Waals surface area contributed by atoms with Crippen molar-refractivity contribution in [3.63, 3.8) is 0 Å². The van der Waals surface area contributed by atoms with E-state index in [4.69, 9.17) is 5.26 Å². The number of carbonyl (C=O) groups is 1. The number of nitrogens with zero attached hydrogens (tertiary/aromatic N) is 5. The monoisotopic (exact) mass is 350 g/mol. The molecule has 3 rings (SSSR count). The van der Waals surface area contributed by atoms with Crippen LogP contribution >= 0.6 is 0 Å². The standard InChI is InChI=1S/C19H22N6O/c1-15-5-6-17(23-16(15)14-20)21-9-7-19(26)25-12-10-24(11-13-25)18-4-2-3-8-22-18/h2-6,8H,7,9-13H2,1H3,(H,21,23). The van der Waals surface area contributed by atoms with Crippen LogP contribution < -0.4 is 10.2 Å². The number of carbonyl (C=O) groups excluding carboxylic acids is 1. The molecule has 0 atom stereocenters. The second-order valence-electron chi connectivity index (χ2n) is 6.21. The van der Waals surface area contributed by atoms with E-state index in [1.165, 1.54) is 0 Å². The van der Waals surface area contributed by atoms with Crippen molar-refractivity contribution in [3.8, 4) is 6.07 Å². The van der Waals surface area contributed by atoms with Gasteiger partial charge in [0.1, 0.15) is 23.4 Å². The predicted molar refractivity (Wildman–Crippen MR) is 99.8 cm³/mol. The van der Waals surface area contributed by atoms with Crippen molar-refractivity contribution < 1.29 is 4.79 Å². The number of nitrogens with one attached hydrogen (secondary N) is 1. The average molecular weight is 350 g/mol. The van der Waals surface area contributed by atoms with Crippen LogP contribution in [0.1, 0.15) is 17.7 Å². The van der Waals surface area contributed by atoms with E-state index in [-0.39, 0.29) is 5.91 Å². The molecule has 0 spiro atoms. The molecule has 0 saturated carbocycles. The molecule has 1 aliphatic rings. The van der Waals surface area contributed by atoms with Gasteiger partial charge in [-0.1, -0.05) is 12.1 Å². The highest BCUT2D eigenvalue weighted by Crippen LogP contribution is 2.13. The molecule has 0 bridgehead atoms. The molecule has 0 radical (unpaired) electrons. The number of hydrogen-bond donors (Lipinski definition) is 1. The molecule has 3 heterocycles. The van der Waals surface area contributed by atoms with Gasteiger partial charge in [0.15, 0.2) is 0 Å². The fourth-order valence-electron chi connectivity index (χ4n) is 2.92. The van der Waals surface area contributed by atoms with Gasteiger partial charge in [-0.05, 0) is 30.7 Å². The second-order valence-corrected chi connectivity index (χ2v) is 6.21. The van der Waals surface area contributed by atoms with Crippen molar-refractivity contribution in [2.75, 3.05) is 42.9 Å². The van der Waals surface area contributed by atoms with Crippen LogP contribution in [0.15, 0.2) is 36.5 Å². The van der Waals surface area contributed by atoms with Crippen molar-refractivity contribution in [3.05, 3.63) is 47.8 Å². The number of amides is 1. The van der Waals surface area contributed by atoms with Crippen LogP contribution in [0.4, 0.5) is 11.6 Å². The van der Waals surface area contributed by atoms with Gasteiger partial charge in [-0.15, -0.1) is 0 Å². The van der Waals surface area contributed by atoms with Crippen molar-refractivity contribution in [2.24, 2.45) is 0 Å². The highest BCUT2D eigenvalue weighted by molar-refractivity contribution is 5.77. The highest BCUT2D eigenvalue weighted by atomic mass is 16.2. The predicted octanol–water partition coefficient (Wildman–Crippen LogP) is 1.81. The molecule has 2 aromatic rings. The first-order chi connectivity index (χ1) is 12.7. The Hall–Kier alpha value is -3.14. The SMILES string of the molecule is Cc1ccc(NCCC(=O)N2CCN(c3ccccn3)CC2)nc1C#N. The van der Waals surface area contributed by atoms with Crippen molar-refractivity contribution in [2.45, 2.75) is 13.3 Å². The van der Waals surface area contributed by atoms with Gasteiger partial charge >= 0.3 is 0 Å². The van der Waals surface area contributed by atoms with Crippen LogP contribution in [-0.2, 0) is 4.79 Å². The Morgan fingerprint density at radius 3 is 2.73 bits per heavy atom. The number of nitriles is 1. The molecule has 0 aliphatic carbocycles. The fraction of sp³-hybridized carbons (Fsp3) is 0.368. The molecule has 0 aromatic carbocycles. The molecule has 1 saturated heterocycles. The maximum atomic E-state index is 12.4. The van der Waals surface area contributed by atoms with Crippen LogP contribution in [-0.4, -0.2) is 53.5 Å². The van der Waals surface area contributed by atoms with E-state index in [9.17, 15) is 4.79 Å². The quantitative estimate of drug-likeness (QED) is 0.885. The molecular weight excluding hydrogens is 328 g/mol. The minimum atomic E-state index is 0.130. The second kappa shape index (κ2) is 8.30. The lowest BCUT2D eigenvalue weighted by atomic mass is 10.2. The zero-order valence-corrected chi connectivity index (χ0v) is 14.9. The van der Waals surface area contributed by atoms with Gasteiger partial charge in [-0.25, -0.2) is 9.97 Å². The first kappa shape index (κ1) is 17.7. The minimum absolute atomic E-state index is 0.130. The van der Waals surface area contributed by atoms with E-state index >= 15 is 0 Å². The largest absolute Gasteiger partial charge is 0.370 e. The third kappa shape index (κ3) is 4.28. The molecule has 0 unspecified atom stereocenters. The first-order valence-electron chi connectivity index (χ1n) is 8.73. The van der Waals surface area contributed by atoms with Crippen LogP contribution in [0.3, 0.4) is 0 Å². The molecule has 1 aliphatic heterocycles. The van der Waals surface area contributed by atoms with E-state index in [0.717, 1.165) is 24.5 Å². The lowest BCUT2D eigenvalue weighted by molar-refractivity contribution is -0.131. The third-order valence-corrected chi connectivity index (χ3v) is 4.45. The van der Waals surface area contributed by atoms with Crippen LogP contribution in [0.25, 0.3) is 0 Å². The van der Waals surface area contributed by atoms with E-state index in [0.29, 0.717) is 37.6 Å². The smallest absolute Gasteiger partial charge is 0.224 e. The van der Waals surface area contributed by atoms with E-state index in [2.05, 4.69) is 26.3 Å². The summed E-state index contributed by atoms with van der Waals surface area (Å²) in [4.78, 5) is 25.1. The van der Waals surface area contributed by atoms with Crippen molar-refractivity contribution in [1.29, 1.82) is 5.26 Å². The van der Waals surface area contributed by atoms with E-state index in [1.54, 1.807) is 6.20 Å². The summed E-state index contributed by atoms with van der Waals surface area (Å²) in [6.07, 6.45) is 2.19. The normalized spacial score (nSPS) is 14.0. The molecular formula is C19H22N6O. The number of piperazine rings is 1. The number of pyridine rings is 2. The number of hydrogen-bond acceptors (Lipinski definition) is 6. The van der Waals surface area contributed by atoms with E-state index in [1.807, 2.05) is 42.2 Å². The molecule has 7 nitrogen and oxygen atoms in total. The summed E-state index contributed by atoms with van der Waals surface area (Å²) in [5.74, 6) is 1.71. The third-order valence-electron chi connectivity index (χ3n) is 4.45. The molecule has 26 heavy (non-hydrogen) atoms. The molecule has 1 amide bonds. The molecule has 134 valence electrons. The van der Waals surface area contributed by atoms with Gasteiger partial charge in [-0.3, -0.25) is 4.79 Å². The first-order valence-corrected chi connectivity index (χ1v) is 8.73. The van der Waals surface area contributed by atoms with Crippen molar-refractivity contribution in [1.82, 2.24) is 14.9 Å². The maximum absolute atomic E-state index is 12.4. The van der Waals surface area contributed by atoms with Gasteiger partial charge in [0.05, 0.1) is 0 Å². The summed E-state index contributed by atoms with van der Waals surface area (Å²) in [5, 5.41) is 12.1. The number of anilines is 2. The summed E-state index contributed by atoms with van der Waals surface area (Å²) in [6, 6.07) is 11.6. The van der Waals surface area contributed by atoms with Crippen molar-refractivity contribution >= 4 is 17.5 Å². The average Bonchev–Trinajstić information content (AvgIpc) is 2.70. The van der Waals surface area contributed by atoms with Crippen LogP contribution in [0.5, 0.6) is 0 Å². The summed E-state index contributed by atoms with van der Waals surface area (Å²) in [7, 11) is 0. The zero-order chi connectivity index (χ0) is 18.4. The Balaban J connectivity index is 1.44.